The lowest BCUT2D eigenvalue weighted by Crippen LogP contribution is -2.49. The lowest BCUT2D eigenvalue weighted by molar-refractivity contribution is -0.173. The maximum absolute atomic E-state index is 14.0. The fourth-order valence-corrected chi connectivity index (χ4v) is 5.61. The fraction of sp³-hybridized carbons (Fsp3) is 0.412. The van der Waals surface area contributed by atoms with Crippen molar-refractivity contribution in [2.24, 2.45) is 5.92 Å². The summed E-state index contributed by atoms with van der Waals surface area (Å²) >= 11 is 0. The van der Waals surface area contributed by atoms with Gasteiger partial charge in [0.15, 0.2) is 11.7 Å². The van der Waals surface area contributed by atoms with Crippen LogP contribution in [0.5, 0.6) is 0 Å². The minimum absolute atomic E-state index is 0.352. The van der Waals surface area contributed by atoms with Crippen LogP contribution in [0.25, 0.3) is 0 Å². The molecule has 7 nitrogen and oxygen atoms in total. The summed E-state index contributed by atoms with van der Waals surface area (Å²) in [5, 5.41) is 12.6. The summed E-state index contributed by atoms with van der Waals surface area (Å²) in [6.07, 6.45) is -0.663. The fourth-order valence-electron chi connectivity index (χ4n) is 5.61. The van der Waals surface area contributed by atoms with Gasteiger partial charge in [-0.25, -0.2) is 4.79 Å². The number of aliphatic hydroxyl groups is 1. The zero-order chi connectivity index (χ0) is 29.6. The first-order chi connectivity index (χ1) is 19.6. The second-order valence-corrected chi connectivity index (χ2v) is 11.6. The number of ether oxygens (including phenoxy) is 3. The summed E-state index contributed by atoms with van der Waals surface area (Å²) in [4.78, 5) is 28.6. The predicted molar refractivity (Wildman–Crippen MR) is 157 cm³/mol. The zero-order valence-corrected chi connectivity index (χ0v) is 24.5. The molecule has 1 aliphatic rings. The number of methoxy groups -OCH3 is 1. The average molecular weight is 560 g/mol. The van der Waals surface area contributed by atoms with E-state index < -0.39 is 41.4 Å². The largest absolute Gasteiger partial charge is 0.453 e. The Morgan fingerprint density at radius 1 is 0.878 bits per heavy atom. The van der Waals surface area contributed by atoms with Gasteiger partial charge in [-0.05, 0) is 57.2 Å². The Bertz CT molecular complexity index is 1240. The third-order valence-corrected chi connectivity index (χ3v) is 7.59. The molecule has 4 atom stereocenters. The first-order valence-electron chi connectivity index (χ1n) is 14.2. The second kappa shape index (κ2) is 12.9. The number of rotatable bonds is 9. The predicted octanol–water partition coefficient (Wildman–Crippen LogP) is 6.26. The molecule has 0 aromatic heterocycles. The van der Waals surface area contributed by atoms with Crippen LogP contribution in [0.1, 0.15) is 63.3 Å². The highest BCUT2D eigenvalue weighted by molar-refractivity contribution is 5.74. The van der Waals surface area contributed by atoms with Gasteiger partial charge in [0.1, 0.15) is 5.60 Å². The molecule has 0 radical (unpaired) electrons. The van der Waals surface area contributed by atoms with Crippen molar-refractivity contribution in [1.82, 2.24) is 4.90 Å². The number of esters is 1. The molecule has 0 spiro atoms. The third kappa shape index (κ3) is 6.80. The highest BCUT2D eigenvalue weighted by atomic mass is 16.6. The van der Waals surface area contributed by atoms with E-state index in [0.717, 1.165) is 6.42 Å². The summed E-state index contributed by atoms with van der Waals surface area (Å²) in [5.41, 5.74) is -0.489. The van der Waals surface area contributed by atoms with Gasteiger partial charge < -0.3 is 24.2 Å². The summed E-state index contributed by atoms with van der Waals surface area (Å²) in [7, 11) is 1.54. The molecular formula is C34H41NO6. The molecule has 1 N–H and O–H groups in total. The van der Waals surface area contributed by atoms with Gasteiger partial charge >= 0.3 is 12.1 Å². The van der Waals surface area contributed by atoms with E-state index in [1.54, 1.807) is 18.9 Å². The highest BCUT2D eigenvalue weighted by Gasteiger charge is 2.47. The van der Waals surface area contributed by atoms with Gasteiger partial charge in [-0.2, -0.15) is 0 Å². The summed E-state index contributed by atoms with van der Waals surface area (Å²) < 4.78 is 17.8. The molecule has 1 fully saturated rings. The van der Waals surface area contributed by atoms with Gasteiger partial charge in [-0.15, -0.1) is 0 Å². The lowest BCUT2D eigenvalue weighted by Gasteiger charge is -2.39. The van der Waals surface area contributed by atoms with Crippen molar-refractivity contribution in [3.05, 3.63) is 108 Å². The SMILES string of the molecule is CO[C@H]([C@@H](C)C(=O)O[C@@H](c1ccccc1)C(O)(c1ccccc1)c1ccccc1)[C@@H]1CCCN1C(=O)OC(C)(C)C. The van der Waals surface area contributed by atoms with Crippen LogP contribution in [0.15, 0.2) is 91.0 Å². The van der Waals surface area contributed by atoms with Gasteiger partial charge in [0.2, 0.25) is 0 Å². The first kappa shape index (κ1) is 30.3. The maximum Gasteiger partial charge on any atom is 0.410 e. The quantitative estimate of drug-likeness (QED) is 0.312. The molecule has 218 valence electrons. The van der Waals surface area contributed by atoms with Crippen LogP contribution in [0.2, 0.25) is 0 Å². The van der Waals surface area contributed by atoms with Crippen molar-refractivity contribution in [3.8, 4) is 0 Å². The van der Waals surface area contributed by atoms with Gasteiger partial charge in [0.05, 0.1) is 18.1 Å². The molecule has 1 saturated heterocycles. The van der Waals surface area contributed by atoms with E-state index in [9.17, 15) is 14.7 Å². The highest BCUT2D eigenvalue weighted by Crippen LogP contribution is 2.44. The monoisotopic (exact) mass is 559 g/mol. The molecule has 1 amide bonds. The smallest absolute Gasteiger partial charge is 0.410 e. The van der Waals surface area contributed by atoms with Crippen LogP contribution in [-0.4, -0.2) is 53.5 Å². The van der Waals surface area contributed by atoms with E-state index in [0.29, 0.717) is 29.7 Å². The summed E-state index contributed by atoms with van der Waals surface area (Å²) in [5.74, 6) is -1.28. The standard InChI is InChI=1S/C34H41NO6/c1-24(29(39-5)28-22-15-23-35(28)32(37)41-33(2,3)4)31(36)40-30(25-16-9-6-10-17-25)34(38,26-18-11-7-12-19-26)27-20-13-8-14-21-27/h6-14,16-21,24,28-30,38H,15,22-23H2,1-5H3/t24-,28+,29-,30+/m1/s1. The van der Waals surface area contributed by atoms with Crippen molar-refractivity contribution in [3.63, 3.8) is 0 Å². The van der Waals surface area contributed by atoms with Crippen molar-refractivity contribution >= 4 is 12.1 Å². The topological polar surface area (TPSA) is 85.3 Å². The molecule has 4 rings (SSSR count). The molecule has 0 saturated carbocycles. The number of hydrogen-bond acceptors (Lipinski definition) is 6. The summed E-state index contributed by atoms with van der Waals surface area (Å²) in [6, 6.07) is 27.4. The molecule has 41 heavy (non-hydrogen) atoms. The summed E-state index contributed by atoms with van der Waals surface area (Å²) in [6.45, 7) is 7.75. The van der Waals surface area contributed by atoms with Crippen molar-refractivity contribution in [2.75, 3.05) is 13.7 Å². The van der Waals surface area contributed by atoms with E-state index in [4.69, 9.17) is 14.2 Å². The maximum atomic E-state index is 14.0. The Hall–Kier alpha value is -3.68. The number of carbonyl (C=O) groups excluding carboxylic acids is 2. The van der Waals surface area contributed by atoms with Crippen LogP contribution in [0, 0.1) is 5.92 Å². The molecular weight excluding hydrogens is 518 g/mol. The third-order valence-electron chi connectivity index (χ3n) is 7.59. The Labute approximate surface area is 243 Å². The van der Waals surface area contributed by atoms with E-state index in [2.05, 4.69) is 0 Å². The van der Waals surface area contributed by atoms with Crippen LogP contribution >= 0.6 is 0 Å². The molecule has 0 bridgehead atoms. The van der Waals surface area contributed by atoms with E-state index >= 15 is 0 Å². The molecule has 1 aliphatic heterocycles. The number of likely N-dealkylation sites (tertiary alicyclic amines) is 1. The average Bonchev–Trinajstić information content (AvgIpc) is 3.46. The van der Waals surface area contributed by atoms with Crippen LogP contribution in [0.4, 0.5) is 4.79 Å². The van der Waals surface area contributed by atoms with E-state index in [1.807, 2.05) is 112 Å². The van der Waals surface area contributed by atoms with Gasteiger partial charge in [-0.1, -0.05) is 91.0 Å². The Kier molecular flexibility index (Phi) is 9.51. The molecule has 1 heterocycles. The molecule has 3 aromatic rings. The molecule has 3 aromatic carbocycles. The molecule has 0 aliphatic carbocycles. The van der Waals surface area contributed by atoms with Gasteiger partial charge in [0, 0.05) is 13.7 Å². The number of nitrogens with zero attached hydrogens (tertiary/aromatic N) is 1. The van der Waals surface area contributed by atoms with E-state index in [1.165, 1.54) is 0 Å². The van der Waals surface area contributed by atoms with E-state index in [-0.39, 0.29) is 6.04 Å². The minimum atomic E-state index is -1.68. The van der Waals surface area contributed by atoms with Crippen LogP contribution in [0.3, 0.4) is 0 Å². The van der Waals surface area contributed by atoms with Crippen molar-refractivity contribution < 1.29 is 28.9 Å². The number of hydrogen-bond donors (Lipinski definition) is 1. The van der Waals surface area contributed by atoms with Gasteiger partial charge in [0.25, 0.3) is 0 Å². The number of carbonyl (C=O) groups is 2. The number of amides is 1. The molecule has 0 unspecified atom stereocenters. The lowest BCUT2D eigenvalue weighted by atomic mass is 9.78. The van der Waals surface area contributed by atoms with Crippen molar-refractivity contribution in [1.29, 1.82) is 0 Å². The second-order valence-electron chi connectivity index (χ2n) is 11.6. The zero-order valence-electron chi connectivity index (χ0n) is 24.5. The number of benzene rings is 3. The van der Waals surface area contributed by atoms with Crippen LogP contribution in [-0.2, 0) is 24.6 Å². The Balaban J connectivity index is 1.68. The van der Waals surface area contributed by atoms with Crippen LogP contribution < -0.4 is 0 Å². The van der Waals surface area contributed by atoms with Crippen molar-refractivity contribution in [2.45, 2.75) is 70.0 Å². The first-order valence-corrected chi connectivity index (χ1v) is 14.2. The van der Waals surface area contributed by atoms with Gasteiger partial charge in [-0.3, -0.25) is 4.79 Å². The molecule has 7 heteroatoms. The Morgan fingerprint density at radius 3 is 1.88 bits per heavy atom. The normalized spacial score (nSPS) is 17.9. The minimum Gasteiger partial charge on any atom is -0.453 e. The Morgan fingerprint density at radius 2 is 1.39 bits per heavy atom.